The molecule has 0 amide bonds. The molecule has 3 aromatic rings. The van der Waals surface area contributed by atoms with Gasteiger partial charge in [-0.1, -0.05) is 69.4 Å². The first-order valence-electron chi connectivity index (χ1n) is 13.7. The number of rotatable bonds is 14. The average Bonchev–Trinajstić information content (AvgIpc) is 3.53. The van der Waals surface area contributed by atoms with Gasteiger partial charge >= 0.3 is 0 Å². The lowest BCUT2D eigenvalue weighted by molar-refractivity contribution is -0.164. The SMILES string of the molecule is CCC1(CCCCCC(=O)c2nc(-c3ccc4ccccc4c3)cn2COCC[Si](C)(C)C)OCCO1. The Hall–Kier alpha value is -2.32. The molecule has 0 aliphatic carbocycles. The summed E-state index contributed by atoms with van der Waals surface area (Å²) in [7, 11) is -1.18. The Morgan fingerprint density at radius 3 is 2.54 bits per heavy atom. The maximum atomic E-state index is 13.3. The van der Waals surface area contributed by atoms with E-state index in [-0.39, 0.29) is 5.78 Å². The highest BCUT2D eigenvalue weighted by Crippen LogP contribution is 2.29. The first-order valence-corrected chi connectivity index (χ1v) is 17.4. The first-order chi connectivity index (χ1) is 17.8. The van der Waals surface area contributed by atoms with Gasteiger partial charge < -0.3 is 18.8 Å². The van der Waals surface area contributed by atoms with Crippen molar-refractivity contribution >= 4 is 24.6 Å². The second-order valence-electron chi connectivity index (χ2n) is 11.3. The van der Waals surface area contributed by atoms with Crippen molar-refractivity contribution in [3.05, 3.63) is 54.5 Å². The van der Waals surface area contributed by atoms with Gasteiger partial charge in [-0.05, 0) is 42.1 Å². The predicted octanol–water partition coefficient (Wildman–Crippen LogP) is 7.30. The molecule has 1 saturated heterocycles. The Bertz CT molecular complexity index is 1180. The number of unbranched alkanes of at least 4 members (excludes halogenated alkanes) is 2. The highest BCUT2D eigenvalue weighted by atomic mass is 28.3. The Labute approximate surface area is 222 Å². The van der Waals surface area contributed by atoms with Gasteiger partial charge in [-0.25, -0.2) is 4.98 Å². The van der Waals surface area contributed by atoms with Gasteiger partial charge in [-0.2, -0.15) is 0 Å². The van der Waals surface area contributed by atoms with Crippen LogP contribution in [0.5, 0.6) is 0 Å². The molecule has 0 N–H and O–H groups in total. The summed E-state index contributed by atoms with van der Waals surface area (Å²) in [6.45, 7) is 11.5. The number of carbonyl (C=O) groups is 1. The molecule has 7 heteroatoms. The summed E-state index contributed by atoms with van der Waals surface area (Å²) in [6.07, 6.45) is 6.95. The number of fused-ring (bicyclic) bond motifs is 1. The van der Waals surface area contributed by atoms with Gasteiger partial charge in [0.15, 0.2) is 17.4 Å². The first kappa shape index (κ1) is 27.7. The number of carbonyl (C=O) groups excluding carboxylic acids is 1. The van der Waals surface area contributed by atoms with Crippen molar-refractivity contribution in [1.29, 1.82) is 0 Å². The molecule has 2 aromatic carbocycles. The number of benzene rings is 2. The van der Waals surface area contributed by atoms with Crippen LogP contribution in [0, 0.1) is 0 Å². The zero-order chi connectivity index (χ0) is 26.3. The molecule has 0 bridgehead atoms. The number of nitrogens with zero attached hydrogens (tertiary/aromatic N) is 2. The number of hydrogen-bond acceptors (Lipinski definition) is 5. The fraction of sp³-hybridized carbons (Fsp3) is 0.533. The third kappa shape index (κ3) is 7.60. The Balaban J connectivity index is 1.41. The van der Waals surface area contributed by atoms with Gasteiger partial charge in [0.05, 0.1) is 18.9 Å². The van der Waals surface area contributed by atoms with E-state index in [1.165, 1.54) is 5.39 Å². The highest BCUT2D eigenvalue weighted by molar-refractivity contribution is 6.76. The van der Waals surface area contributed by atoms with Crippen molar-refractivity contribution in [2.24, 2.45) is 0 Å². The summed E-state index contributed by atoms with van der Waals surface area (Å²) in [5, 5.41) is 2.35. The fourth-order valence-electron chi connectivity index (χ4n) is 4.76. The highest BCUT2D eigenvalue weighted by Gasteiger charge is 2.33. The lowest BCUT2D eigenvalue weighted by Crippen LogP contribution is -2.28. The molecule has 4 rings (SSSR count). The van der Waals surface area contributed by atoms with Crippen molar-refractivity contribution < 1.29 is 19.0 Å². The average molecular weight is 523 g/mol. The van der Waals surface area contributed by atoms with Crippen LogP contribution in [0.2, 0.25) is 25.7 Å². The summed E-state index contributed by atoms with van der Waals surface area (Å²) in [5.74, 6) is 0.144. The normalized spacial score (nSPS) is 15.5. The van der Waals surface area contributed by atoms with E-state index in [1.807, 2.05) is 22.9 Å². The van der Waals surface area contributed by atoms with E-state index in [2.05, 4.69) is 56.9 Å². The maximum Gasteiger partial charge on any atom is 0.198 e. The van der Waals surface area contributed by atoms with Gasteiger partial charge in [-0.3, -0.25) is 4.79 Å². The van der Waals surface area contributed by atoms with Crippen LogP contribution in [0.4, 0.5) is 0 Å². The van der Waals surface area contributed by atoms with E-state index in [0.717, 1.165) is 54.8 Å². The van der Waals surface area contributed by atoms with E-state index in [4.69, 9.17) is 19.2 Å². The number of aromatic nitrogens is 2. The van der Waals surface area contributed by atoms with Crippen LogP contribution in [0.25, 0.3) is 22.0 Å². The molecule has 37 heavy (non-hydrogen) atoms. The van der Waals surface area contributed by atoms with Crippen LogP contribution in [0.1, 0.15) is 56.1 Å². The van der Waals surface area contributed by atoms with Crippen molar-refractivity contribution in [1.82, 2.24) is 9.55 Å². The number of Topliss-reactive ketones (excluding diaryl/α,β-unsaturated/α-hetero) is 1. The van der Waals surface area contributed by atoms with Crippen LogP contribution < -0.4 is 0 Å². The Kier molecular flexibility index (Phi) is 9.35. The summed E-state index contributed by atoms with van der Waals surface area (Å²) in [5.41, 5.74) is 1.82. The van der Waals surface area contributed by atoms with Crippen LogP contribution >= 0.6 is 0 Å². The zero-order valence-electron chi connectivity index (χ0n) is 22.9. The van der Waals surface area contributed by atoms with Gasteiger partial charge in [0.2, 0.25) is 0 Å². The van der Waals surface area contributed by atoms with Crippen LogP contribution in [0.3, 0.4) is 0 Å². The summed E-state index contributed by atoms with van der Waals surface area (Å²) in [4.78, 5) is 18.1. The molecule has 0 saturated carbocycles. The number of imidazole rings is 1. The maximum absolute atomic E-state index is 13.3. The summed E-state index contributed by atoms with van der Waals surface area (Å²) >= 11 is 0. The molecule has 6 nitrogen and oxygen atoms in total. The molecular weight excluding hydrogens is 480 g/mol. The smallest absolute Gasteiger partial charge is 0.198 e. The predicted molar refractivity (Wildman–Crippen MR) is 152 cm³/mol. The third-order valence-corrected chi connectivity index (χ3v) is 8.82. The van der Waals surface area contributed by atoms with Gasteiger partial charge in [0, 0.05) is 39.3 Å². The van der Waals surface area contributed by atoms with E-state index >= 15 is 0 Å². The minimum atomic E-state index is -1.18. The second-order valence-corrected chi connectivity index (χ2v) is 16.9. The molecule has 2 heterocycles. The molecular formula is C30H42N2O4Si. The lowest BCUT2D eigenvalue weighted by atomic mass is 10.0. The quantitative estimate of drug-likeness (QED) is 0.126. The molecule has 200 valence electrons. The minimum absolute atomic E-state index is 0.0689. The molecule has 0 spiro atoms. The van der Waals surface area contributed by atoms with Crippen molar-refractivity contribution in [2.75, 3.05) is 19.8 Å². The topological polar surface area (TPSA) is 62.6 Å². The minimum Gasteiger partial charge on any atom is -0.361 e. The van der Waals surface area contributed by atoms with Gasteiger partial charge in [0.25, 0.3) is 0 Å². The van der Waals surface area contributed by atoms with Crippen LogP contribution in [-0.4, -0.2) is 49.0 Å². The fourth-order valence-corrected chi connectivity index (χ4v) is 5.51. The second kappa shape index (κ2) is 12.5. The van der Waals surface area contributed by atoms with Crippen LogP contribution in [0.15, 0.2) is 48.7 Å². The summed E-state index contributed by atoms with van der Waals surface area (Å²) < 4.78 is 19.6. The van der Waals surface area contributed by atoms with E-state index in [0.29, 0.717) is 38.8 Å². The molecule has 0 radical (unpaired) electrons. The molecule has 0 unspecified atom stereocenters. The zero-order valence-corrected chi connectivity index (χ0v) is 23.9. The lowest BCUT2D eigenvalue weighted by Gasteiger charge is -2.25. The molecule has 1 aliphatic heterocycles. The monoisotopic (exact) mass is 522 g/mol. The summed E-state index contributed by atoms with van der Waals surface area (Å²) in [6, 6.07) is 15.7. The standard InChI is InChI=1S/C30H42N2O4Si/c1-5-30(35-17-18-36-30)16-10-6-7-13-28(33)29-31-27(22-32(29)23-34-19-20-37(2,3)4)26-15-14-24-11-8-9-12-25(24)21-26/h8-9,11-12,14-15,21-22H,5-7,10,13,16-20,23H2,1-4H3. The molecule has 1 aromatic heterocycles. The van der Waals surface area contributed by atoms with E-state index < -0.39 is 13.9 Å². The van der Waals surface area contributed by atoms with E-state index in [1.54, 1.807) is 0 Å². The van der Waals surface area contributed by atoms with Crippen molar-refractivity contribution in [3.63, 3.8) is 0 Å². The molecule has 1 fully saturated rings. The van der Waals surface area contributed by atoms with Gasteiger partial charge in [0.1, 0.15) is 6.73 Å². The molecule has 1 aliphatic rings. The van der Waals surface area contributed by atoms with Crippen LogP contribution in [-0.2, 0) is 20.9 Å². The van der Waals surface area contributed by atoms with E-state index in [9.17, 15) is 4.79 Å². The number of ether oxygens (including phenoxy) is 3. The van der Waals surface area contributed by atoms with Crippen molar-refractivity contribution in [3.8, 4) is 11.3 Å². The number of ketones is 1. The third-order valence-electron chi connectivity index (χ3n) is 7.11. The number of hydrogen-bond donors (Lipinski definition) is 0. The Morgan fingerprint density at radius 2 is 1.81 bits per heavy atom. The largest absolute Gasteiger partial charge is 0.361 e. The van der Waals surface area contributed by atoms with Crippen molar-refractivity contribution in [2.45, 2.75) is 83.7 Å². The molecule has 0 atom stereocenters. The Morgan fingerprint density at radius 1 is 1.05 bits per heavy atom. The van der Waals surface area contributed by atoms with Gasteiger partial charge in [-0.15, -0.1) is 0 Å².